The van der Waals surface area contributed by atoms with Crippen LogP contribution in [0.15, 0.2) is 12.4 Å². The van der Waals surface area contributed by atoms with E-state index in [9.17, 15) is 0 Å². The van der Waals surface area contributed by atoms with Crippen molar-refractivity contribution in [1.82, 2.24) is 9.78 Å². The number of hydrogen-bond donors (Lipinski definition) is 2. The van der Waals surface area contributed by atoms with Crippen molar-refractivity contribution in [2.45, 2.75) is 4.83 Å². The SMILES string of the molecule is Cn1cc(C(=N)C(Br)C=N)cn1. The van der Waals surface area contributed by atoms with Gasteiger partial charge in [0.1, 0.15) is 0 Å². The molecule has 0 radical (unpaired) electrons. The van der Waals surface area contributed by atoms with Gasteiger partial charge in [0.05, 0.1) is 16.7 Å². The van der Waals surface area contributed by atoms with Gasteiger partial charge in [-0.15, -0.1) is 0 Å². The Morgan fingerprint density at radius 2 is 2.50 bits per heavy atom. The molecule has 1 atom stereocenters. The summed E-state index contributed by atoms with van der Waals surface area (Å²) >= 11 is 3.18. The third-order valence-corrected chi connectivity index (χ3v) is 2.16. The van der Waals surface area contributed by atoms with Crippen LogP contribution in [0.2, 0.25) is 0 Å². The van der Waals surface area contributed by atoms with Crippen molar-refractivity contribution >= 4 is 27.9 Å². The Morgan fingerprint density at radius 3 is 2.92 bits per heavy atom. The van der Waals surface area contributed by atoms with Gasteiger partial charge in [-0.3, -0.25) is 4.68 Å². The molecule has 0 fully saturated rings. The highest BCUT2D eigenvalue weighted by Crippen LogP contribution is 2.06. The van der Waals surface area contributed by atoms with Crippen LogP contribution < -0.4 is 0 Å². The number of rotatable bonds is 3. The summed E-state index contributed by atoms with van der Waals surface area (Å²) in [5.74, 6) is 0. The van der Waals surface area contributed by atoms with Crippen molar-refractivity contribution < 1.29 is 0 Å². The fourth-order valence-corrected chi connectivity index (χ4v) is 1.07. The number of halogens is 1. The summed E-state index contributed by atoms with van der Waals surface area (Å²) in [5, 5.41) is 18.5. The van der Waals surface area contributed by atoms with Crippen LogP contribution in [-0.4, -0.2) is 26.5 Å². The summed E-state index contributed by atoms with van der Waals surface area (Å²) in [6, 6.07) is 0. The van der Waals surface area contributed by atoms with Gasteiger partial charge in [0.25, 0.3) is 0 Å². The third-order valence-electron chi connectivity index (χ3n) is 1.44. The van der Waals surface area contributed by atoms with Crippen LogP contribution in [0.3, 0.4) is 0 Å². The molecule has 12 heavy (non-hydrogen) atoms. The fraction of sp³-hybridized carbons (Fsp3) is 0.286. The largest absolute Gasteiger partial charge is 0.312 e. The van der Waals surface area contributed by atoms with Crippen LogP contribution in [0.25, 0.3) is 0 Å². The fourth-order valence-electron chi connectivity index (χ4n) is 0.803. The van der Waals surface area contributed by atoms with Crippen molar-refractivity contribution in [3.8, 4) is 0 Å². The predicted octanol–water partition coefficient (Wildman–Crippen LogP) is 1.20. The highest BCUT2D eigenvalue weighted by molar-refractivity contribution is 9.10. The van der Waals surface area contributed by atoms with Gasteiger partial charge in [-0.2, -0.15) is 5.10 Å². The minimum atomic E-state index is -0.318. The standard InChI is InChI=1S/C7H9BrN4/c1-12-4-5(3-11-12)7(10)6(8)2-9/h2-4,6,9-10H,1H3. The number of nitrogens with one attached hydrogen (secondary N) is 2. The van der Waals surface area contributed by atoms with Crippen LogP contribution in [-0.2, 0) is 7.05 Å². The summed E-state index contributed by atoms with van der Waals surface area (Å²) in [4.78, 5) is -0.318. The molecule has 2 N–H and O–H groups in total. The van der Waals surface area contributed by atoms with Crippen LogP contribution in [0.1, 0.15) is 5.56 Å². The monoisotopic (exact) mass is 228 g/mol. The van der Waals surface area contributed by atoms with Gasteiger partial charge in [-0.25, -0.2) is 0 Å². The van der Waals surface area contributed by atoms with Crippen LogP contribution >= 0.6 is 15.9 Å². The topological polar surface area (TPSA) is 65.5 Å². The van der Waals surface area contributed by atoms with Gasteiger partial charge in [-0.05, 0) is 0 Å². The average Bonchev–Trinajstić information content (AvgIpc) is 2.49. The molecule has 0 saturated heterocycles. The summed E-state index contributed by atoms with van der Waals surface area (Å²) in [7, 11) is 1.80. The second-order valence-corrected chi connectivity index (χ2v) is 3.37. The van der Waals surface area contributed by atoms with E-state index in [1.165, 1.54) is 6.21 Å². The molecule has 0 aliphatic rings. The molecule has 0 spiro atoms. The number of nitrogens with zero attached hydrogens (tertiary/aromatic N) is 2. The molecule has 0 aliphatic heterocycles. The minimum Gasteiger partial charge on any atom is -0.312 e. The van der Waals surface area contributed by atoms with E-state index in [0.29, 0.717) is 5.71 Å². The number of aryl methyl sites for hydroxylation is 1. The van der Waals surface area contributed by atoms with Crippen LogP contribution in [0.4, 0.5) is 0 Å². The summed E-state index contributed by atoms with van der Waals surface area (Å²) in [5.41, 5.74) is 1.10. The van der Waals surface area contributed by atoms with Gasteiger partial charge in [0.15, 0.2) is 0 Å². The van der Waals surface area contributed by atoms with E-state index in [1.807, 2.05) is 0 Å². The normalized spacial score (nSPS) is 12.5. The molecule has 0 aliphatic carbocycles. The lowest BCUT2D eigenvalue weighted by Crippen LogP contribution is -2.14. The highest BCUT2D eigenvalue weighted by Gasteiger charge is 2.10. The van der Waals surface area contributed by atoms with E-state index in [2.05, 4.69) is 21.0 Å². The number of alkyl halides is 1. The molecule has 1 unspecified atom stereocenters. The van der Waals surface area contributed by atoms with Crippen molar-refractivity contribution in [1.29, 1.82) is 10.8 Å². The molecule has 1 heterocycles. The Labute approximate surface area is 78.7 Å². The highest BCUT2D eigenvalue weighted by atomic mass is 79.9. The van der Waals surface area contributed by atoms with E-state index in [4.69, 9.17) is 10.8 Å². The summed E-state index contributed by atoms with van der Waals surface area (Å²) < 4.78 is 1.63. The molecule has 64 valence electrons. The maximum atomic E-state index is 7.60. The number of hydrogen-bond acceptors (Lipinski definition) is 3. The summed E-state index contributed by atoms with van der Waals surface area (Å²) in [6.07, 6.45) is 4.54. The molecular weight excluding hydrogens is 220 g/mol. The zero-order valence-electron chi connectivity index (χ0n) is 6.58. The molecule has 0 aromatic carbocycles. The quantitative estimate of drug-likeness (QED) is 0.593. The van der Waals surface area contributed by atoms with Crippen LogP contribution in [0, 0.1) is 10.8 Å². The van der Waals surface area contributed by atoms with Crippen LogP contribution in [0.5, 0.6) is 0 Å². The van der Waals surface area contributed by atoms with Gasteiger partial charge < -0.3 is 10.8 Å². The molecule has 0 bridgehead atoms. The first-order chi connectivity index (χ1) is 5.65. The zero-order valence-corrected chi connectivity index (χ0v) is 8.17. The van der Waals surface area contributed by atoms with Gasteiger partial charge in [0.2, 0.25) is 0 Å². The first-order valence-electron chi connectivity index (χ1n) is 3.37. The molecular formula is C7H9BrN4. The Bertz CT molecular complexity index is 304. The van der Waals surface area contributed by atoms with E-state index in [1.54, 1.807) is 24.1 Å². The lowest BCUT2D eigenvalue weighted by Gasteiger charge is -2.01. The van der Waals surface area contributed by atoms with Crippen molar-refractivity contribution in [2.75, 3.05) is 0 Å². The van der Waals surface area contributed by atoms with Crippen molar-refractivity contribution in [2.24, 2.45) is 7.05 Å². The summed E-state index contributed by atoms with van der Waals surface area (Å²) in [6.45, 7) is 0. The Balaban J connectivity index is 2.84. The Hall–Kier alpha value is -0.970. The van der Waals surface area contributed by atoms with E-state index in [-0.39, 0.29) is 4.83 Å². The Kier molecular flexibility index (Phi) is 2.75. The minimum absolute atomic E-state index is 0.318. The molecule has 4 nitrogen and oxygen atoms in total. The third kappa shape index (κ3) is 1.79. The van der Waals surface area contributed by atoms with Gasteiger partial charge in [0, 0.05) is 25.0 Å². The van der Waals surface area contributed by atoms with E-state index >= 15 is 0 Å². The van der Waals surface area contributed by atoms with Crippen molar-refractivity contribution in [3.05, 3.63) is 18.0 Å². The molecule has 0 amide bonds. The second-order valence-electron chi connectivity index (χ2n) is 2.38. The van der Waals surface area contributed by atoms with Crippen molar-refractivity contribution in [3.63, 3.8) is 0 Å². The first-order valence-corrected chi connectivity index (χ1v) is 4.29. The predicted molar refractivity (Wildman–Crippen MR) is 51.5 cm³/mol. The van der Waals surface area contributed by atoms with Gasteiger partial charge >= 0.3 is 0 Å². The maximum absolute atomic E-state index is 7.60. The first kappa shape index (κ1) is 9.12. The lowest BCUT2D eigenvalue weighted by molar-refractivity contribution is 0.767. The molecule has 1 aromatic rings. The molecule has 0 saturated carbocycles. The molecule has 1 rings (SSSR count). The Morgan fingerprint density at radius 1 is 1.83 bits per heavy atom. The van der Waals surface area contributed by atoms with Gasteiger partial charge in [-0.1, -0.05) is 15.9 Å². The molecule has 5 heteroatoms. The van der Waals surface area contributed by atoms with E-state index < -0.39 is 0 Å². The smallest absolute Gasteiger partial charge is 0.0912 e. The average molecular weight is 229 g/mol. The lowest BCUT2D eigenvalue weighted by atomic mass is 10.2. The second kappa shape index (κ2) is 3.62. The zero-order chi connectivity index (χ0) is 9.14. The van der Waals surface area contributed by atoms with E-state index in [0.717, 1.165) is 5.56 Å². The number of aromatic nitrogens is 2. The maximum Gasteiger partial charge on any atom is 0.0912 e. The molecule has 1 aromatic heterocycles.